The molecule has 0 atom stereocenters. The number of hydrogen-bond acceptors (Lipinski definition) is 4. The molecule has 218 valence electrons. The van der Waals surface area contributed by atoms with E-state index in [1.807, 2.05) is 24.3 Å². The van der Waals surface area contributed by atoms with E-state index in [-0.39, 0.29) is 11.8 Å². The predicted octanol–water partition coefficient (Wildman–Crippen LogP) is 11.0. The van der Waals surface area contributed by atoms with Gasteiger partial charge in [0.1, 0.15) is 0 Å². The van der Waals surface area contributed by atoms with Crippen LogP contribution >= 0.6 is 0 Å². The van der Waals surface area contributed by atoms with Crippen molar-refractivity contribution in [3.05, 3.63) is 167 Å². The van der Waals surface area contributed by atoms with E-state index in [1.165, 1.54) is 22.3 Å². The van der Waals surface area contributed by atoms with Crippen LogP contribution in [-0.4, -0.2) is 0 Å². The molecule has 0 amide bonds. The van der Waals surface area contributed by atoms with Gasteiger partial charge in [-0.2, -0.15) is 10.5 Å². The fourth-order valence-corrected chi connectivity index (χ4v) is 7.36. The molecule has 0 aliphatic carbocycles. The zero-order valence-electron chi connectivity index (χ0n) is 25.6. The highest BCUT2D eigenvalue weighted by molar-refractivity contribution is 5.91. The van der Waals surface area contributed by atoms with E-state index < -0.39 is 0 Å². The Morgan fingerprint density at radius 3 is 1.04 bits per heavy atom. The quantitative estimate of drug-likeness (QED) is 0.206. The van der Waals surface area contributed by atoms with Crippen molar-refractivity contribution in [2.24, 2.45) is 0 Å². The Labute approximate surface area is 269 Å². The van der Waals surface area contributed by atoms with Crippen molar-refractivity contribution in [2.75, 3.05) is 9.80 Å². The maximum Gasteiger partial charge on any atom is 0.0998 e. The molecule has 0 saturated carbocycles. The Kier molecular flexibility index (Phi) is 6.45. The number of nitrogens with zero attached hydrogens (tertiary/aromatic N) is 4. The number of rotatable bonds is 3. The molecule has 0 bridgehead atoms. The van der Waals surface area contributed by atoms with Gasteiger partial charge in [0.25, 0.3) is 0 Å². The first-order chi connectivity index (χ1) is 22.6. The van der Waals surface area contributed by atoms with Crippen molar-refractivity contribution in [3.63, 3.8) is 0 Å². The third-order valence-electron chi connectivity index (χ3n) is 9.63. The van der Waals surface area contributed by atoms with Gasteiger partial charge in [-0.25, -0.2) is 0 Å². The molecule has 0 saturated heterocycles. The van der Waals surface area contributed by atoms with Crippen LogP contribution in [0.15, 0.2) is 133 Å². The number of hydrogen-bond donors (Lipinski definition) is 0. The summed E-state index contributed by atoms with van der Waals surface area (Å²) < 4.78 is 0. The fourth-order valence-electron chi connectivity index (χ4n) is 7.36. The van der Waals surface area contributed by atoms with Gasteiger partial charge in [0.15, 0.2) is 0 Å². The lowest BCUT2D eigenvalue weighted by Gasteiger charge is -2.37. The average molecular weight is 591 g/mol. The number of nitriles is 2. The summed E-state index contributed by atoms with van der Waals surface area (Å²) >= 11 is 0. The molecule has 2 aliphatic rings. The Hall–Kier alpha value is -6.10. The Morgan fingerprint density at radius 1 is 0.435 bits per heavy atom. The zero-order valence-corrected chi connectivity index (χ0v) is 25.6. The van der Waals surface area contributed by atoms with Crippen molar-refractivity contribution >= 4 is 34.1 Å². The molecule has 0 fully saturated rings. The minimum Gasteiger partial charge on any atom is -0.310 e. The van der Waals surface area contributed by atoms with Crippen LogP contribution < -0.4 is 9.80 Å². The molecular weight excluding hydrogens is 560 g/mol. The summed E-state index contributed by atoms with van der Waals surface area (Å²) in [4.78, 5) is 4.56. The van der Waals surface area contributed by atoms with Crippen LogP contribution in [0.3, 0.4) is 0 Å². The molecule has 0 radical (unpaired) electrons. The highest BCUT2D eigenvalue weighted by Gasteiger charge is 2.31. The second-order valence-electron chi connectivity index (χ2n) is 12.0. The number of fused-ring (bicyclic) bond motifs is 4. The smallest absolute Gasteiger partial charge is 0.0998 e. The summed E-state index contributed by atoms with van der Waals surface area (Å²) in [5.74, 6) is 0.503. The van der Waals surface area contributed by atoms with E-state index >= 15 is 0 Å². The monoisotopic (exact) mass is 590 g/mol. The van der Waals surface area contributed by atoms with Crippen LogP contribution in [0.2, 0.25) is 0 Å². The highest BCUT2D eigenvalue weighted by Crippen LogP contribution is 2.51. The molecule has 0 aromatic heterocycles. The predicted molar refractivity (Wildman–Crippen MR) is 186 cm³/mol. The number of anilines is 6. The second-order valence-corrected chi connectivity index (χ2v) is 12.0. The van der Waals surface area contributed by atoms with E-state index in [2.05, 4.69) is 145 Å². The highest BCUT2D eigenvalue weighted by atomic mass is 15.2. The molecule has 0 N–H and O–H groups in total. The number of benzene rings is 6. The molecule has 6 aromatic carbocycles. The summed E-state index contributed by atoms with van der Waals surface area (Å²) in [7, 11) is 0. The van der Waals surface area contributed by atoms with Crippen LogP contribution in [0.25, 0.3) is 11.1 Å². The first kappa shape index (κ1) is 27.4. The number of para-hydroxylation sites is 4. The van der Waals surface area contributed by atoms with Crippen molar-refractivity contribution < 1.29 is 0 Å². The molecule has 6 aromatic rings. The maximum absolute atomic E-state index is 10.3. The Bertz CT molecular complexity index is 2000. The van der Waals surface area contributed by atoms with Gasteiger partial charge in [-0.3, -0.25) is 0 Å². The van der Waals surface area contributed by atoms with E-state index in [1.54, 1.807) is 0 Å². The second kappa shape index (κ2) is 10.8. The normalized spacial score (nSPS) is 13.6. The van der Waals surface area contributed by atoms with E-state index in [0.717, 1.165) is 45.3 Å². The van der Waals surface area contributed by atoms with E-state index in [9.17, 15) is 10.5 Å². The van der Waals surface area contributed by atoms with Gasteiger partial charge >= 0.3 is 0 Å². The first-order valence-corrected chi connectivity index (χ1v) is 15.6. The van der Waals surface area contributed by atoms with Crippen LogP contribution in [0.1, 0.15) is 59.1 Å². The van der Waals surface area contributed by atoms with Gasteiger partial charge < -0.3 is 9.80 Å². The SMILES string of the molecule is CC1c2ccccc2N(c2ccc(C#N)c(-c3cc(N4c5ccccc5C(C)c5ccccc54)ccc3C#N)c2)c2ccccc21. The zero-order chi connectivity index (χ0) is 31.4. The first-order valence-electron chi connectivity index (χ1n) is 15.6. The summed E-state index contributed by atoms with van der Waals surface area (Å²) in [6.45, 7) is 4.50. The van der Waals surface area contributed by atoms with Gasteiger partial charge in [0.05, 0.1) is 23.3 Å². The summed E-state index contributed by atoms with van der Waals surface area (Å²) in [6, 6.07) is 50.8. The molecule has 0 spiro atoms. The minimum absolute atomic E-state index is 0.251. The summed E-state index contributed by atoms with van der Waals surface area (Å²) in [6.07, 6.45) is 0. The Morgan fingerprint density at radius 2 is 0.739 bits per heavy atom. The standard InChI is InChI=1S/C42H30N4/c1-27-33-11-3-7-15-39(33)45(40-16-8-4-12-34(27)40)31-21-19-29(25-43)37(23-31)38-24-32(22-20-30(38)26-44)46-41-17-9-5-13-35(41)28(2)36-14-6-10-18-42(36)46/h3-24,27-28H,1-2H3. The third-order valence-corrected chi connectivity index (χ3v) is 9.63. The Balaban J connectivity index is 1.33. The minimum atomic E-state index is 0.251. The van der Waals surface area contributed by atoms with Gasteiger partial charge in [0.2, 0.25) is 0 Å². The fraction of sp³-hybridized carbons (Fsp3) is 0.0952. The molecule has 2 aliphatic heterocycles. The van der Waals surface area contributed by atoms with Crippen LogP contribution in [0.4, 0.5) is 34.1 Å². The molecular formula is C42H30N4. The molecule has 4 nitrogen and oxygen atoms in total. The van der Waals surface area contributed by atoms with Gasteiger partial charge in [-0.1, -0.05) is 86.6 Å². The maximum atomic E-state index is 10.3. The third kappa shape index (κ3) is 4.12. The lowest BCUT2D eigenvalue weighted by molar-refractivity contribution is 0.892. The average Bonchev–Trinajstić information content (AvgIpc) is 3.12. The van der Waals surface area contributed by atoms with Crippen LogP contribution in [0, 0.1) is 22.7 Å². The topological polar surface area (TPSA) is 54.1 Å². The van der Waals surface area contributed by atoms with Gasteiger partial charge in [0, 0.05) is 57.1 Å². The molecule has 4 heteroatoms. The van der Waals surface area contributed by atoms with Crippen LogP contribution in [-0.2, 0) is 0 Å². The van der Waals surface area contributed by atoms with Gasteiger partial charge in [-0.15, -0.1) is 0 Å². The molecule has 46 heavy (non-hydrogen) atoms. The largest absolute Gasteiger partial charge is 0.310 e. The van der Waals surface area contributed by atoms with Crippen molar-refractivity contribution in [1.82, 2.24) is 0 Å². The van der Waals surface area contributed by atoms with Gasteiger partial charge in [-0.05, 0) is 82.9 Å². The van der Waals surface area contributed by atoms with Crippen molar-refractivity contribution in [2.45, 2.75) is 25.7 Å². The summed E-state index contributed by atoms with van der Waals surface area (Å²) in [5, 5.41) is 20.7. The van der Waals surface area contributed by atoms with Crippen LogP contribution in [0.5, 0.6) is 0 Å². The lowest BCUT2D eigenvalue weighted by atomic mass is 9.85. The molecule has 8 rings (SSSR count). The van der Waals surface area contributed by atoms with Crippen molar-refractivity contribution in [3.8, 4) is 23.3 Å². The van der Waals surface area contributed by atoms with E-state index in [0.29, 0.717) is 11.1 Å². The summed E-state index contributed by atoms with van der Waals surface area (Å²) in [5.41, 5.74) is 13.9. The molecule has 2 heterocycles. The molecule has 0 unspecified atom stereocenters. The van der Waals surface area contributed by atoms with E-state index in [4.69, 9.17) is 0 Å². The lowest BCUT2D eigenvalue weighted by Crippen LogP contribution is -2.20. The van der Waals surface area contributed by atoms with Crippen molar-refractivity contribution in [1.29, 1.82) is 10.5 Å².